The van der Waals surface area contributed by atoms with Gasteiger partial charge in [-0.25, -0.2) is 0 Å². The van der Waals surface area contributed by atoms with E-state index in [-0.39, 0.29) is 16.2 Å². The summed E-state index contributed by atoms with van der Waals surface area (Å²) in [5.74, 6) is 0. The van der Waals surface area contributed by atoms with Crippen molar-refractivity contribution >= 4 is 17.1 Å². The van der Waals surface area contributed by atoms with E-state index in [0.29, 0.717) is 0 Å². The Morgan fingerprint density at radius 3 is 1.38 bits per heavy atom. The largest absolute Gasteiger partial charge is 0.310 e. The minimum atomic E-state index is -0.202. The van der Waals surface area contributed by atoms with Gasteiger partial charge >= 0.3 is 0 Å². The Hall–Kier alpha value is -4.88. The predicted molar refractivity (Wildman–Crippen MR) is 207 cm³/mol. The first-order valence-corrected chi connectivity index (χ1v) is 17.3. The number of benzene rings is 6. The van der Waals surface area contributed by atoms with Crippen LogP contribution in [-0.2, 0) is 16.2 Å². The minimum Gasteiger partial charge on any atom is -0.310 e. The molecule has 1 aliphatic carbocycles. The molecule has 0 radical (unpaired) electrons. The fourth-order valence-corrected chi connectivity index (χ4v) is 7.58. The van der Waals surface area contributed by atoms with Gasteiger partial charge in [0.05, 0.1) is 5.69 Å². The fourth-order valence-electron chi connectivity index (χ4n) is 7.58. The van der Waals surface area contributed by atoms with Crippen LogP contribution in [0.3, 0.4) is 0 Å². The predicted octanol–water partition coefficient (Wildman–Crippen LogP) is 13.4. The highest BCUT2D eigenvalue weighted by Gasteiger charge is 2.43. The van der Waals surface area contributed by atoms with Gasteiger partial charge in [0.1, 0.15) is 0 Å². The molecule has 1 heteroatoms. The lowest BCUT2D eigenvalue weighted by molar-refractivity contribution is 0.545. The summed E-state index contributed by atoms with van der Waals surface area (Å²) in [5, 5.41) is 0. The summed E-state index contributed by atoms with van der Waals surface area (Å²) in [7, 11) is 0. The molecule has 0 aromatic heterocycles. The lowest BCUT2D eigenvalue weighted by Gasteiger charge is -2.35. The summed E-state index contributed by atoms with van der Waals surface area (Å²) in [4.78, 5) is 2.47. The van der Waals surface area contributed by atoms with Gasteiger partial charge in [-0.2, -0.15) is 0 Å². The van der Waals surface area contributed by atoms with Gasteiger partial charge in [-0.3, -0.25) is 0 Å². The molecule has 0 bridgehead atoms. The number of fused-ring (bicyclic) bond motifs is 3. The second-order valence-corrected chi connectivity index (χ2v) is 15.9. The summed E-state index contributed by atoms with van der Waals surface area (Å²) in [6.07, 6.45) is 0. The standard InChI is InChI=1S/C47H47N/c1-45(2,3)36-30-40-39-20-15-21-42(44(39)47(7,8)43(40)41(31-36)46(4,5)6)48(37-26-22-34(23-27-37)32-16-11-9-12-17-32)38-28-24-35(25-29-38)33-18-13-10-14-19-33/h9-31H,1-8H3. The van der Waals surface area contributed by atoms with E-state index in [9.17, 15) is 0 Å². The molecule has 0 saturated heterocycles. The maximum absolute atomic E-state index is 2.49. The van der Waals surface area contributed by atoms with Crippen molar-refractivity contribution in [2.75, 3.05) is 4.90 Å². The molecule has 0 unspecified atom stereocenters. The number of rotatable bonds is 5. The quantitative estimate of drug-likeness (QED) is 0.184. The number of anilines is 3. The van der Waals surface area contributed by atoms with Gasteiger partial charge < -0.3 is 4.90 Å². The molecule has 0 saturated carbocycles. The molecular weight excluding hydrogens is 579 g/mol. The van der Waals surface area contributed by atoms with E-state index in [1.165, 1.54) is 61.3 Å². The third kappa shape index (κ3) is 5.56. The van der Waals surface area contributed by atoms with Crippen LogP contribution in [0.5, 0.6) is 0 Å². The first kappa shape index (κ1) is 31.7. The summed E-state index contributed by atoms with van der Waals surface area (Å²) < 4.78 is 0. The van der Waals surface area contributed by atoms with Crippen molar-refractivity contribution in [2.45, 2.75) is 71.6 Å². The third-order valence-electron chi connectivity index (χ3n) is 10.1. The van der Waals surface area contributed by atoms with Crippen LogP contribution in [-0.4, -0.2) is 0 Å². The average molecular weight is 626 g/mol. The molecule has 0 heterocycles. The second kappa shape index (κ2) is 11.7. The average Bonchev–Trinajstić information content (AvgIpc) is 3.32. The normalized spacial score (nSPS) is 13.6. The van der Waals surface area contributed by atoms with Crippen molar-refractivity contribution in [2.24, 2.45) is 0 Å². The number of hydrogen-bond donors (Lipinski definition) is 0. The Balaban J connectivity index is 1.44. The van der Waals surface area contributed by atoms with Crippen molar-refractivity contribution in [3.8, 4) is 33.4 Å². The van der Waals surface area contributed by atoms with Crippen LogP contribution in [0.4, 0.5) is 17.1 Å². The van der Waals surface area contributed by atoms with Crippen LogP contribution in [0, 0.1) is 0 Å². The van der Waals surface area contributed by atoms with Gasteiger partial charge in [-0.1, -0.05) is 165 Å². The van der Waals surface area contributed by atoms with Crippen LogP contribution in [0.25, 0.3) is 33.4 Å². The van der Waals surface area contributed by atoms with Crippen molar-refractivity contribution < 1.29 is 0 Å². The van der Waals surface area contributed by atoms with Gasteiger partial charge in [0.2, 0.25) is 0 Å². The number of hydrogen-bond acceptors (Lipinski definition) is 1. The minimum absolute atomic E-state index is 0.00501. The highest BCUT2D eigenvalue weighted by molar-refractivity contribution is 5.92. The van der Waals surface area contributed by atoms with Gasteiger partial charge in [-0.15, -0.1) is 0 Å². The van der Waals surface area contributed by atoms with Crippen molar-refractivity contribution in [3.63, 3.8) is 0 Å². The van der Waals surface area contributed by atoms with E-state index < -0.39 is 0 Å². The zero-order valence-corrected chi connectivity index (χ0v) is 29.7. The van der Waals surface area contributed by atoms with Crippen LogP contribution < -0.4 is 4.90 Å². The van der Waals surface area contributed by atoms with Crippen LogP contribution in [0.2, 0.25) is 0 Å². The SMILES string of the molecule is CC(C)(C)c1cc2c(c(C(C)(C)C)c1)C(C)(C)c1c-2cccc1N(c1ccc(-c2ccccc2)cc1)c1ccc(-c2ccccc2)cc1. The van der Waals surface area contributed by atoms with Crippen LogP contribution >= 0.6 is 0 Å². The Bertz CT molecular complexity index is 1990. The topological polar surface area (TPSA) is 3.24 Å². The molecule has 0 aliphatic heterocycles. The Labute approximate surface area is 287 Å². The molecule has 7 rings (SSSR count). The zero-order valence-electron chi connectivity index (χ0n) is 29.7. The van der Waals surface area contributed by atoms with E-state index >= 15 is 0 Å². The van der Waals surface area contributed by atoms with E-state index in [1.54, 1.807) is 0 Å². The van der Waals surface area contributed by atoms with Gasteiger partial charge in [0.25, 0.3) is 0 Å². The molecule has 0 atom stereocenters. The van der Waals surface area contributed by atoms with Crippen LogP contribution in [0.1, 0.15) is 77.6 Å². The van der Waals surface area contributed by atoms with Gasteiger partial charge in [0, 0.05) is 16.8 Å². The summed E-state index contributed by atoms with van der Waals surface area (Å²) in [6, 6.07) is 51.3. The molecule has 6 aromatic carbocycles. The molecule has 0 fully saturated rings. The van der Waals surface area contributed by atoms with E-state index in [0.717, 1.165) is 11.4 Å². The monoisotopic (exact) mass is 625 g/mol. The Morgan fingerprint density at radius 2 is 0.917 bits per heavy atom. The van der Waals surface area contributed by atoms with Gasteiger partial charge in [-0.05, 0) is 96.8 Å². The Morgan fingerprint density at radius 1 is 0.438 bits per heavy atom. The molecule has 0 amide bonds. The smallest absolute Gasteiger partial charge is 0.0508 e. The molecule has 1 nitrogen and oxygen atoms in total. The molecule has 0 spiro atoms. The Kier molecular flexibility index (Phi) is 7.71. The van der Waals surface area contributed by atoms with E-state index in [1.807, 2.05) is 0 Å². The molecule has 48 heavy (non-hydrogen) atoms. The lowest BCUT2D eigenvalue weighted by atomic mass is 9.71. The molecule has 6 aromatic rings. The fraction of sp³-hybridized carbons (Fsp3) is 0.234. The van der Waals surface area contributed by atoms with Crippen molar-refractivity contribution in [1.82, 2.24) is 0 Å². The second-order valence-electron chi connectivity index (χ2n) is 15.9. The van der Waals surface area contributed by atoms with Crippen molar-refractivity contribution in [3.05, 3.63) is 162 Å². The lowest BCUT2D eigenvalue weighted by Crippen LogP contribution is -2.26. The molecule has 0 N–H and O–H groups in total. The summed E-state index contributed by atoms with van der Waals surface area (Å²) >= 11 is 0. The first-order valence-electron chi connectivity index (χ1n) is 17.3. The highest BCUT2D eigenvalue weighted by atomic mass is 15.1. The van der Waals surface area contributed by atoms with Gasteiger partial charge in [0.15, 0.2) is 0 Å². The maximum atomic E-state index is 2.49. The molecule has 240 valence electrons. The van der Waals surface area contributed by atoms with Crippen molar-refractivity contribution in [1.29, 1.82) is 0 Å². The molecule has 1 aliphatic rings. The summed E-state index contributed by atoms with van der Waals surface area (Å²) in [6.45, 7) is 19.0. The van der Waals surface area contributed by atoms with Crippen LogP contribution in [0.15, 0.2) is 140 Å². The highest BCUT2D eigenvalue weighted by Crippen LogP contribution is 2.57. The first-order chi connectivity index (χ1) is 22.8. The van der Waals surface area contributed by atoms with E-state index in [4.69, 9.17) is 0 Å². The third-order valence-corrected chi connectivity index (χ3v) is 10.1. The number of nitrogens with zero attached hydrogens (tertiary/aromatic N) is 1. The molecular formula is C47H47N. The van der Waals surface area contributed by atoms with E-state index in [2.05, 4.69) is 200 Å². The maximum Gasteiger partial charge on any atom is 0.0508 e. The zero-order chi connectivity index (χ0) is 33.8. The summed E-state index contributed by atoms with van der Waals surface area (Å²) in [5.41, 5.74) is 16.7.